The fourth-order valence-electron chi connectivity index (χ4n) is 2.59. The Morgan fingerprint density at radius 1 is 1.70 bits per heavy atom. The Balaban J connectivity index is 2.55. The van der Waals surface area contributed by atoms with Crippen molar-refractivity contribution in [2.75, 3.05) is 25.2 Å². The van der Waals surface area contributed by atoms with Gasteiger partial charge < -0.3 is 14.4 Å². The fourth-order valence-corrected chi connectivity index (χ4v) is 2.72. The highest BCUT2D eigenvalue weighted by molar-refractivity contribution is 6.28. The van der Waals surface area contributed by atoms with Gasteiger partial charge in [-0.3, -0.25) is 10.1 Å². The maximum absolute atomic E-state index is 12.1. The largest absolute Gasteiger partial charge is 0.467 e. The number of nitrogens with zero attached hydrogens (tertiary/aromatic N) is 4. The predicted octanol–water partition coefficient (Wildman–Crippen LogP) is 1.59. The summed E-state index contributed by atoms with van der Waals surface area (Å²) in [6.07, 6.45) is 2.05. The van der Waals surface area contributed by atoms with Gasteiger partial charge in [-0.05, 0) is 24.4 Å². The molecule has 1 aromatic heterocycles. The molecule has 1 aliphatic heterocycles. The molecule has 0 amide bonds. The first-order valence-electron chi connectivity index (χ1n) is 7.10. The molecule has 1 saturated heterocycles. The molecule has 0 N–H and O–H groups in total. The number of hydrogen-bond acceptors (Lipinski definition) is 8. The van der Waals surface area contributed by atoms with Crippen LogP contribution in [0.25, 0.3) is 0 Å². The van der Waals surface area contributed by atoms with Crippen LogP contribution in [0.3, 0.4) is 0 Å². The van der Waals surface area contributed by atoms with Crippen molar-refractivity contribution in [3.8, 4) is 0 Å². The SMILES string of the molecule is CC[C@H](C(=O)OC)N(c1nc(Cl)ncc1[N+](=O)[O-])C1CCOC1. The number of hydrogen-bond donors (Lipinski definition) is 0. The Hall–Kier alpha value is -2.00. The number of ether oxygens (including phenoxy) is 2. The van der Waals surface area contributed by atoms with Crippen LogP contribution >= 0.6 is 11.6 Å². The van der Waals surface area contributed by atoms with Crippen molar-refractivity contribution in [3.63, 3.8) is 0 Å². The molecule has 0 saturated carbocycles. The first-order chi connectivity index (χ1) is 11.0. The monoisotopic (exact) mass is 344 g/mol. The van der Waals surface area contributed by atoms with Gasteiger partial charge in [-0.15, -0.1) is 0 Å². The highest BCUT2D eigenvalue weighted by Gasteiger charge is 2.38. The minimum atomic E-state index is -0.726. The lowest BCUT2D eigenvalue weighted by atomic mass is 10.1. The number of carbonyl (C=O) groups is 1. The number of rotatable bonds is 6. The van der Waals surface area contributed by atoms with Crippen molar-refractivity contribution in [2.45, 2.75) is 31.8 Å². The summed E-state index contributed by atoms with van der Waals surface area (Å²) in [4.78, 5) is 32.1. The minimum Gasteiger partial charge on any atom is -0.467 e. The number of aromatic nitrogens is 2. The standard InChI is InChI=1S/C13H17ClN4O5/c1-3-9(12(19)22-2)17(8-4-5-23-7-8)11-10(18(20)21)6-15-13(14)16-11/h6,8-9H,3-5,7H2,1-2H3/t8?,9-/m1/s1. The molecule has 1 aliphatic rings. The van der Waals surface area contributed by atoms with Crippen molar-refractivity contribution >= 4 is 29.1 Å². The summed E-state index contributed by atoms with van der Waals surface area (Å²) < 4.78 is 10.2. The van der Waals surface area contributed by atoms with Gasteiger partial charge in [0.1, 0.15) is 12.2 Å². The van der Waals surface area contributed by atoms with E-state index < -0.39 is 16.9 Å². The van der Waals surface area contributed by atoms with E-state index in [1.807, 2.05) is 0 Å². The van der Waals surface area contributed by atoms with Crippen molar-refractivity contribution in [1.29, 1.82) is 0 Å². The van der Waals surface area contributed by atoms with Crippen LogP contribution in [-0.2, 0) is 14.3 Å². The van der Waals surface area contributed by atoms with Gasteiger partial charge in [-0.1, -0.05) is 6.92 Å². The van der Waals surface area contributed by atoms with E-state index in [4.69, 9.17) is 21.1 Å². The molecule has 0 aromatic carbocycles. The van der Waals surface area contributed by atoms with E-state index in [1.165, 1.54) is 7.11 Å². The van der Waals surface area contributed by atoms with Gasteiger partial charge in [0.05, 0.1) is 24.7 Å². The van der Waals surface area contributed by atoms with Gasteiger partial charge in [0.2, 0.25) is 11.1 Å². The van der Waals surface area contributed by atoms with Crippen molar-refractivity contribution in [3.05, 3.63) is 21.6 Å². The molecule has 126 valence electrons. The van der Waals surface area contributed by atoms with Gasteiger partial charge in [-0.25, -0.2) is 9.78 Å². The minimum absolute atomic E-state index is 0.00255. The molecule has 23 heavy (non-hydrogen) atoms. The van der Waals surface area contributed by atoms with Gasteiger partial charge in [0, 0.05) is 6.61 Å². The second-order valence-corrected chi connectivity index (χ2v) is 5.31. The number of nitro groups is 1. The molecule has 2 atom stereocenters. The van der Waals surface area contributed by atoms with Crippen LogP contribution in [0, 0.1) is 10.1 Å². The topological polar surface area (TPSA) is 108 Å². The first-order valence-corrected chi connectivity index (χ1v) is 7.48. The number of halogens is 1. The molecular formula is C13H17ClN4O5. The first kappa shape index (κ1) is 17.4. The summed E-state index contributed by atoms with van der Waals surface area (Å²) in [5.41, 5.74) is -0.316. The number of methoxy groups -OCH3 is 1. The van der Waals surface area contributed by atoms with E-state index in [0.29, 0.717) is 26.1 Å². The summed E-state index contributed by atoms with van der Waals surface area (Å²) in [6.45, 7) is 2.64. The number of anilines is 1. The zero-order valence-corrected chi connectivity index (χ0v) is 13.5. The molecule has 1 fully saturated rings. The average molecular weight is 345 g/mol. The van der Waals surface area contributed by atoms with Crippen LogP contribution in [0.2, 0.25) is 5.28 Å². The quantitative estimate of drug-likeness (QED) is 0.331. The molecule has 0 bridgehead atoms. The molecule has 0 radical (unpaired) electrons. The van der Waals surface area contributed by atoms with E-state index in [2.05, 4.69) is 9.97 Å². The van der Waals surface area contributed by atoms with Crippen LogP contribution in [0.5, 0.6) is 0 Å². The van der Waals surface area contributed by atoms with Crippen LogP contribution in [0.1, 0.15) is 19.8 Å². The van der Waals surface area contributed by atoms with Crippen molar-refractivity contribution < 1.29 is 19.2 Å². The third kappa shape index (κ3) is 3.67. The molecule has 9 nitrogen and oxygen atoms in total. The normalized spacial score (nSPS) is 18.5. The molecule has 0 spiro atoms. The molecular weight excluding hydrogens is 328 g/mol. The van der Waals surface area contributed by atoms with E-state index in [0.717, 1.165) is 6.20 Å². The van der Waals surface area contributed by atoms with Crippen LogP contribution in [0.4, 0.5) is 11.5 Å². The zero-order valence-electron chi connectivity index (χ0n) is 12.8. The number of carbonyl (C=O) groups excluding carboxylic acids is 1. The van der Waals surface area contributed by atoms with Crippen molar-refractivity contribution in [2.24, 2.45) is 0 Å². The summed E-state index contributed by atoms with van der Waals surface area (Å²) >= 11 is 5.81. The smallest absolute Gasteiger partial charge is 0.329 e. The predicted molar refractivity (Wildman–Crippen MR) is 81.5 cm³/mol. The molecule has 1 aromatic rings. The Kier molecular flexibility index (Phi) is 5.67. The second kappa shape index (κ2) is 7.51. The van der Waals surface area contributed by atoms with E-state index in [1.54, 1.807) is 11.8 Å². The van der Waals surface area contributed by atoms with E-state index >= 15 is 0 Å². The van der Waals surface area contributed by atoms with E-state index in [9.17, 15) is 14.9 Å². The Labute approximate surface area is 137 Å². The van der Waals surface area contributed by atoms with Gasteiger partial charge >= 0.3 is 11.7 Å². The number of esters is 1. The lowest BCUT2D eigenvalue weighted by molar-refractivity contribution is -0.384. The Morgan fingerprint density at radius 2 is 2.43 bits per heavy atom. The molecule has 2 heterocycles. The Morgan fingerprint density at radius 3 is 2.96 bits per heavy atom. The lowest BCUT2D eigenvalue weighted by Gasteiger charge is -2.34. The third-order valence-electron chi connectivity index (χ3n) is 3.66. The van der Waals surface area contributed by atoms with Gasteiger partial charge in [-0.2, -0.15) is 4.98 Å². The Bertz CT molecular complexity index is 594. The second-order valence-electron chi connectivity index (χ2n) is 4.98. The summed E-state index contributed by atoms with van der Waals surface area (Å²) in [6, 6.07) is -0.958. The van der Waals surface area contributed by atoms with Gasteiger partial charge in [0.25, 0.3) is 0 Å². The van der Waals surface area contributed by atoms with Crippen LogP contribution < -0.4 is 4.90 Å². The molecule has 0 aliphatic carbocycles. The summed E-state index contributed by atoms with van der Waals surface area (Å²) in [5, 5.41) is 11.2. The zero-order chi connectivity index (χ0) is 17.0. The highest BCUT2D eigenvalue weighted by Crippen LogP contribution is 2.32. The highest BCUT2D eigenvalue weighted by atomic mass is 35.5. The molecule has 2 rings (SSSR count). The average Bonchev–Trinajstić information content (AvgIpc) is 3.05. The van der Waals surface area contributed by atoms with E-state index in [-0.39, 0.29) is 22.8 Å². The van der Waals surface area contributed by atoms with Crippen LogP contribution in [-0.4, -0.2) is 53.3 Å². The maximum atomic E-state index is 12.1. The third-order valence-corrected chi connectivity index (χ3v) is 3.84. The van der Waals surface area contributed by atoms with Crippen LogP contribution in [0.15, 0.2) is 6.20 Å². The maximum Gasteiger partial charge on any atom is 0.329 e. The van der Waals surface area contributed by atoms with Gasteiger partial charge in [0.15, 0.2) is 0 Å². The van der Waals surface area contributed by atoms with Crippen molar-refractivity contribution in [1.82, 2.24) is 9.97 Å². The summed E-state index contributed by atoms with van der Waals surface area (Å²) in [5.74, 6) is -0.494. The lowest BCUT2D eigenvalue weighted by Crippen LogP contribution is -2.49. The summed E-state index contributed by atoms with van der Waals surface area (Å²) in [7, 11) is 1.27. The molecule has 1 unspecified atom stereocenters. The fraction of sp³-hybridized carbons (Fsp3) is 0.615. The molecule has 10 heteroatoms.